The maximum absolute atomic E-state index is 13.1. The first-order chi connectivity index (χ1) is 10.6. The number of phenols is 1. The first-order valence-electron chi connectivity index (χ1n) is 6.39. The lowest BCUT2D eigenvalue weighted by molar-refractivity contribution is 0.102. The fourth-order valence-electron chi connectivity index (χ4n) is 2.09. The molecule has 1 aromatic heterocycles. The number of fused-ring (bicyclic) bond motifs is 1. The molecule has 0 saturated carbocycles. The number of pyridine rings is 1. The van der Waals surface area contributed by atoms with Gasteiger partial charge in [0.1, 0.15) is 5.52 Å². The van der Waals surface area contributed by atoms with Crippen molar-refractivity contribution in [3.05, 3.63) is 65.9 Å². The Balaban J connectivity index is 1.95. The van der Waals surface area contributed by atoms with Gasteiger partial charge in [0, 0.05) is 23.3 Å². The summed E-state index contributed by atoms with van der Waals surface area (Å²) in [7, 11) is 0. The molecule has 6 heteroatoms. The third-order valence-electron chi connectivity index (χ3n) is 3.17. The van der Waals surface area contributed by atoms with Gasteiger partial charge in [0.05, 0.1) is 5.56 Å². The van der Waals surface area contributed by atoms with Gasteiger partial charge < -0.3 is 10.4 Å². The zero-order valence-electron chi connectivity index (χ0n) is 11.2. The van der Waals surface area contributed by atoms with Crippen LogP contribution in [0.2, 0.25) is 0 Å². The van der Waals surface area contributed by atoms with Crippen LogP contribution >= 0.6 is 0 Å². The average Bonchev–Trinajstić information content (AvgIpc) is 2.51. The zero-order chi connectivity index (χ0) is 15.7. The molecule has 0 aliphatic carbocycles. The Bertz CT molecular complexity index is 881. The van der Waals surface area contributed by atoms with Crippen LogP contribution in [0, 0.1) is 11.6 Å². The quantitative estimate of drug-likeness (QED) is 0.761. The number of carbonyl (C=O) groups excluding carboxylic acids is 1. The smallest absolute Gasteiger partial charge is 0.259 e. The Kier molecular flexibility index (Phi) is 3.42. The lowest BCUT2D eigenvalue weighted by Gasteiger charge is -2.08. The van der Waals surface area contributed by atoms with Crippen LogP contribution in [-0.4, -0.2) is 16.0 Å². The molecular weight excluding hydrogens is 290 g/mol. The molecule has 1 amide bonds. The molecule has 0 aliphatic heterocycles. The minimum atomic E-state index is -1.07. The van der Waals surface area contributed by atoms with Gasteiger partial charge in [-0.1, -0.05) is 12.1 Å². The number of amides is 1. The Morgan fingerprint density at radius 3 is 2.68 bits per heavy atom. The van der Waals surface area contributed by atoms with Gasteiger partial charge in [0.2, 0.25) is 0 Å². The van der Waals surface area contributed by atoms with E-state index in [4.69, 9.17) is 0 Å². The number of phenolic OH excluding ortho intramolecular Hbond substituents is 1. The van der Waals surface area contributed by atoms with Crippen molar-refractivity contribution in [1.82, 2.24) is 4.98 Å². The molecule has 3 aromatic rings. The number of nitrogens with one attached hydrogen (secondary N) is 1. The SMILES string of the molecule is O=C(Nc1ccc(F)c(F)c1)c1ccc2cccnc2c1O. The number of hydrogen-bond donors (Lipinski definition) is 2. The van der Waals surface area contributed by atoms with E-state index in [1.165, 1.54) is 18.3 Å². The molecule has 0 radical (unpaired) electrons. The topological polar surface area (TPSA) is 62.2 Å². The number of halogens is 2. The Hall–Kier alpha value is -3.02. The van der Waals surface area contributed by atoms with Gasteiger partial charge in [0.15, 0.2) is 17.4 Å². The number of carbonyl (C=O) groups is 1. The summed E-state index contributed by atoms with van der Waals surface area (Å²) < 4.78 is 26.0. The van der Waals surface area contributed by atoms with Gasteiger partial charge in [-0.25, -0.2) is 8.78 Å². The number of nitrogens with zero attached hydrogens (tertiary/aromatic N) is 1. The second-order valence-electron chi connectivity index (χ2n) is 4.62. The number of anilines is 1. The van der Waals surface area contributed by atoms with E-state index >= 15 is 0 Å². The molecule has 4 nitrogen and oxygen atoms in total. The predicted octanol–water partition coefficient (Wildman–Crippen LogP) is 3.47. The van der Waals surface area contributed by atoms with Crippen molar-refractivity contribution in [3.8, 4) is 5.75 Å². The van der Waals surface area contributed by atoms with E-state index in [1.54, 1.807) is 18.2 Å². The number of hydrogen-bond acceptors (Lipinski definition) is 3. The van der Waals surface area contributed by atoms with E-state index < -0.39 is 17.5 Å². The summed E-state index contributed by atoms with van der Waals surface area (Å²) in [6.07, 6.45) is 1.50. The van der Waals surface area contributed by atoms with E-state index in [1.807, 2.05) is 0 Å². The van der Waals surface area contributed by atoms with Crippen LogP contribution in [0.5, 0.6) is 5.75 Å². The zero-order valence-corrected chi connectivity index (χ0v) is 11.2. The van der Waals surface area contributed by atoms with Crippen LogP contribution < -0.4 is 5.32 Å². The van der Waals surface area contributed by atoms with Crippen molar-refractivity contribution in [3.63, 3.8) is 0 Å². The number of aromatic nitrogens is 1. The minimum absolute atomic E-state index is 0.00377. The van der Waals surface area contributed by atoms with Crippen LogP contribution in [0.1, 0.15) is 10.4 Å². The van der Waals surface area contributed by atoms with E-state index in [0.29, 0.717) is 10.9 Å². The summed E-state index contributed by atoms with van der Waals surface area (Å²) in [6.45, 7) is 0. The largest absolute Gasteiger partial charge is 0.505 e. The van der Waals surface area contributed by atoms with Crippen LogP contribution in [-0.2, 0) is 0 Å². The number of aromatic hydroxyl groups is 1. The van der Waals surface area contributed by atoms with E-state index in [9.17, 15) is 18.7 Å². The van der Waals surface area contributed by atoms with Crippen molar-refractivity contribution in [2.45, 2.75) is 0 Å². The van der Waals surface area contributed by atoms with Gasteiger partial charge >= 0.3 is 0 Å². The van der Waals surface area contributed by atoms with Gasteiger partial charge in [-0.2, -0.15) is 0 Å². The normalized spacial score (nSPS) is 10.6. The Morgan fingerprint density at radius 2 is 1.91 bits per heavy atom. The molecule has 0 spiro atoms. The molecule has 0 aliphatic rings. The average molecular weight is 300 g/mol. The van der Waals surface area contributed by atoms with Crippen molar-refractivity contribution in [2.75, 3.05) is 5.32 Å². The molecule has 2 aromatic carbocycles. The lowest BCUT2D eigenvalue weighted by atomic mass is 10.1. The fraction of sp³-hybridized carbons (Fsp3) is 0. The maximum Gasteiger partial charge on any atom is 0.259 e. The van der Waals surface area contributed by atoms with Gasteiger partial charge in [-0.3, -0.25) is 9.78 Å². The molecule has 3 rings (SSSR count). The summed E-state index contributed by atoms with van der Waals surface area (Å²) in [6, 6.07) is 9.54. The van der Waals surface area contributed by atoms with E-state index in [0.717, 1.165) is 12.1 Å². The molecule has 110 valence electrons. The summed E-state index contributed by atoms with van der Waals surface area (Å²) in [4.78, 5) is 16.2. The highest BCUT2D eigenvalue weighted by molar-refractivity contribution is 6.09. The summed E-state index contributed by atoms with van der Waals surface area (Å²) in [5.74, 6) is -2.98. The second-order valence-corrected chi connectivity index (χ2v) is 4.62. The first kappa shape index (κ1) is 13.9. The molecular formula is C16H10F2N2O2. The first-order valence-corrected chi connectivity index (χ1v) is 6.39. The molecule has 0 unspecified atom stereocenters. The molecule has 0 fully saturated rings. The van der Waals surface area contributed by atoms with Crippen molar-refractivity contribution < 1.29 is 18.7 Å². The van der Waals surface area contributed by atoms with Crippen LogP contribution in [0.3, 0.4) is 0 Å². The Morgan fingerprint density at radius 1 is 1.09 bits per heavy atom. The number of benzene rings is 2. The van der Waals surface area contributed by atoms with Crippen LogP contribution in [0.4, 0.5) is 14.5 Å². The molecule has 1 heterocycles. The minimum Gasteiger partial charge on any atom is -0.505 e. The molecule has 22 heavy (non-hydrogen) atoms. The molecule has 0 saturated heterocycles. The molecule has 0 atom stereocenters. The predicted molar refractivity (Wildman–Crippen MR) is 77.7 cm³/mol. The third-order valence-corrected chi connectivity index (χ3v) is 3.17. The van der Waals surface area contributed by atoms with Crippen molar-refractivity contribution in [1.29, 1.82) is 0 Å². The number of rotatable bonds is 2. The third kappa shape index (κ3) is 2.46. The van der Waals surface area contributed by atoms with Gasteiger partial charge in [0.25, 0.3) is 5.91 Å². The van der Waals surface area contributed by atoms with Crippen molar-refractivity contribution in [2.24, 2.45) is 0 Å². The van der Waals surface area contributed by atoms with Gasteiger partial charge in [-0.15, -0.1) is 0 Å². The highest BCUT2D eigenvalue weighted by Crippen LogP contribution is 2.27. The lowest BCUT2D eigenvalue weighted by Crippen LogP contribution is -2.12. The Labute approximate surface area is 124 Å². The molecule has 2 N–H and O–H groups in total. The summed E-state index contributed by atoms with van der Waals surface area (Å²) in [5, 5.41) is 13.2. The maximum atomic E-state index is 13.1. The standard InChI is InChI=1S/C16H10F2N2O2/c17-12-6-4-10(8-13(12)18)20-16(22)11-5-3-9-2-1-7-19-14(9)15(11)21/h1-8,21H,(H,20,22). The van der Waals surface area contributed by atoms with Crippen LogP contribution in [0.15, 0.2) is 48.7 Å². The fourth-order valence-corrected chi connectivity index (χ4v) is 2.09. The van der Waals surface area contributed by atoms with E-state index in [-0.39, 0.29) is 17.0 Å². The molecule has 0 bridgehead atoms. The van der Waals surface area contributed by atoms with Crippen LogP contribution in [0.25, 0.3) is 10.9 Å². The monoisotopic (exact) mass is 300 g/mol. The highest BCUT2D eigenvalue weighted by Gasteiger charge is 2.15. The second kappa shape index (κ2) is 5.40. The summed E-state index contributed by atoms with van der Waals surface area (Å²) >= 11 is 0. The van der Waals surface area contributed by atoms with Gasteiger partial charge in [-0.05, 0) is 24.3 Å². The van der Waals surface area contributed by atoms with Crippen molar-refractivity contribution >= 4 is 22.5 Å². The van der Waals surface area contributed by atoms with E-state index in [2.05, 4.69) is 10.3 Å². The summed E-state index contributed by atoms with van der Waals surface area (Å²) in [5.41, 5.74) is 0.376. The highest BCUT2D eigenvalue weighted by atomic mass is 19.2.